The molecule has 1 amide bonds. The zero-order chi connectivity index (χ0) is 26.7. The molecule has 0 unspecified atom stereocenters. The maximum atomic E-state index is 13.1. The first-order valence-corrected chi connectivity index (χ1v) is 12.4. The fraction of sp³-hybridized carbons (Fsp3) is 0.407. The summed E-state index contributed by atoms with van der Waals surface area (Å²) in [5.41, 5.74) is 1.39. The molecule has 196 valence electrons. The number of nitrogens with zero attached hydrogens (tertiary/aromatic N) is 3. The molecular formula is C27H32N4O6. The minimum atomic E-state index is -0.995. The van der Waals surface area contributed by atoms with Crippen LogP contribution in [-0.2, 0) is 9.47 Å². The van der Waals surface area contributed by atoms with Gasteiger partial charge in [-0.2, -0.15) is 0 Å². The number of imidazole rings is 1. The Morgan fingerprint density at radius 3 is 2.51 bits per heavy atom. The molecule has 2 N–H and O–H groups in total. The van der Waals surface area contributed by atoms with E-state index in [9.17, 15) is 19.5 Å². The number of amides is 1. The normalized spacial score (nSPS) is 15.9. The van der Waals surface area contributed by atoms with E-state index < -0.39 is 29.7 Å². The van der Waals surface area contributed by atoms with Crippen LogP contribution in [0.5, 0.6) is 0 Å². The number of esters is 1. The third-order valence-corrected chi connectivity index (χ3v) is 6.08. The Hall–Kier alpha value is -4.08. The number of aromatic nitrogens is 3. The van der Waals surface area contributed by atoms with Crippen LogP contribution < -0.4 is 0 Å². The summed E-state index contributed by atoms with van der Waals surface area (Å²) in [4.78, 5) is 46.6. The lowest BCUT2D eigenvalue weighted by atomic mass is 10.0. The molecule has 0 spiro atoms. The van der Waals surface area contributed by atoms with Crippen LogP contribution in [0.4, 0.5) is 4.79 Å². The number of carbonyl (C=O) groups is 3. The number of ether oxygens (including phenoxy) is 2. The summed E-state index contributed by atoms with van der Waals surface area (Å²) in [7, 11) is 0. The number of H-pyrrole nitrogens is 1. The predicted molar refractivity (Wildman–Crippen MR) is 136 cm³/mol. The van der Waals surface area contributed by atoms with Gasteiger partial charge in [-0.25, -0.2) is 19.4 Å². The number of hydrogen-bond acceptors (Lipinski definition) is 6. The Kier molecular flexibility index (Phi) is 7.37. The van der Waals surface area contributed by atoms with Crippen LogP contribution >= 0.6 is 0 Å². The lowest BCUT2D eigenvalue weighted by Crippen LogP contribution is -2.42. The van der Waals surface area contributed by atoms with Crippen LogP contribution in [0.3, 0.4) is 0 Å². The van der Waals surface area contributed by atoms with Gasteiger partial charge in [0, 0.05) is 18.3 Å². The minimum Gasteiger partial charge on any atom is -0.478 e. The van der Waals surface area contributed by atoms with E-state index in [4.69, 9.17) is 9.47 Å². The monoisotopic (exact) mass is 508 g/mol. The molecule has 1 saturated heterocycles. The highest BCUT2D eigenvalue weighted by atomic mass is 16.6. The van der Waals surface area contributed by atoms with Crippen LogP contribution in [0, 0.1) is 0 Å². The van der Waals surface area contributed by atoms with E-state index in [0.29, 0.717) is 24.6 Å². The average molecular weight is 509 g/mol. The van der Waals surface area contributed by atoms with Crippen LogP contribution in [0.2, 0.25) is 0 Å². The SMILES string of the molecule is CCOC(=O)c1cnc([C@@H]2CCCCN2C(=O)OC(C)(C)C)n1-c1cc(-c2ccc(C(=O)O)cc2)c[nH]1. The standard InChI is InChI=1S/C27H32N4O6/c1-5-36-25(34)21-16-29-23(20-8-6-7-13-30(20)26(35)37-27(2,3)4)31(21)22-14-19(15-28-22)17-9-11-18(12-10-17)24(32)33/h9-12,14-16,20,28H,5-8,13H2,1-4H3,(H,32,33)/t20-/m0/s1. The van der Waals surface area contributed by atoms with Crippen LogP contribution in [0.1, 0.15) is 79.7 Å². The molecule has 4 rings (SSSR count). The summed E-state index contributed by atoms with van der Waals surface area (Å²) in [6, 6.07) is 7.99. The van der Waals surface area contributed by atoms with Gasteiger partial charge in [0.1, 0.15) is 17.2 Å². The Morgan fingerprint density at radius 2 is 1.86 bits per heavy atom. The lowest BCUT2D eigenvalue weighted by Gasteiger charge is -2.36. The van der Waals surface area contributed by atoms with E-state index in [-0.39, 0.29) is 17.9 Å². The second kappa shape index (κ2) is 10.5. The predicted octanol–water partition coefficient (Wildman–Crippen LogP) is 5.20. The molecular weight excluding hydrogens is 476 g/mol. The van der Waals surface area contributed by atoms with Gasteiger partial charge in [-0.05, 0) is 70.7 Å². The Morgan fingerprint density at radius 1 is 1.14 bits per heavy atom. The van der Waals surface area contributed by atoms with Gasteiger partial charge in [0.15, 0.2) is 5.69 Å². The molecule has 0 radical (unpaired) electrons. The lowest BCUT2D eigenvalue weighted by molar-refractivity contribution is 0.00824. The molecule has 1 aliphatic heterocycles. The molecule has 0 bridgehead atoms. The van der Waals surface area contributed by atoms with Crippen molar-refractivity contribution < 1.29 is 29.0 Å². The fourth-order valence-electron chi connectivity index (χ4n) is 4.43. The number of likely N-dealkylation sites (tertiary alicyclic amines) is 1. The van der Waals surface area contributed by atoms with E-state index in [1.165, 1.54) is 18.3 Å². The number of aromatic carboxylic acids is 1. The largest absolute Gasteiger partial charge is 0.478 e. The van der Waals surface area contributed by atoms with Crippen molar-refractivity contribution in [2.75, 3.05) is 13.2 Å². The summed E-state index contributed by atoms with van der Waals surface area (Å²) in [5, 5.41) is 9.18. The van der Waals surface area contributed by atoms with Crippen molar-refractivity contribution in [3.8, 4) is 16.9 Å². The average Bonchev–Trinajstić information content (AvgIpc) is 3.50. The van der Waals surface area contributed by atoms with Crippen molar-refractivity contribution in [3.05, 3.63) is 59.8 Å². The molecule has 1 fully saturated rings. The highest BCUT2D eigenvalue weighted by molar-refractivity contribution is 5.89. The van der Waals surface area contributed by atoms with Crippen molar-refractivity contribution in [2.24, 2.45) is 0 Å². The summed E-state index contributed by atoms with van der Waals surface area (Å²) < 4.78 is 12.6. The van der Waals surface area contributed by atoms with E-state index in [1.54, 1.807) is 34.7 Å². The summed E-state index contributed by atoms with van der Waals surface area (Å²) in [6.45, 7) is 7.94. The van der Waals surface area contributed by atoms with Gasteiger partial charge >= 0.3 is 18.0 Å². The highest BCUT2D eigenvalue weighted by Crippen LogP contribution is 2.34. The Balaban J connectivity index is 1.75. The van der Waals surface area contributed by atoms with Gasteiger partial charge in [-0.15, -0.1) is 0 Å². The Bertz CT molecular complexity index is 1280. The highest BCUT2D eigenvalue weighted by Gasteiger charge is 2.36. The van der Waals surface area contributed by atoms with Gasteiger partial charge in [0.25, 0.3) is 0 Å². The topological polar surface area (TPSA) is 127 Å². The van der Waals surface area contributed by atoms with E-state index in [2.05, 4.69) is 9.97 Å². The van der Waals surface area contributed by atoms with E-state index >= 15 is 0 Å². The number of carboxylic acids is 1. The van der Waals surface area contributed by atoms with Crippen molar-refractivity contribution in [1.82, 2.24) is 19.4 Å². The summed E-state index contributed by atoms with van der Waals surface area (Å²) in [5.74, 6) is -0.417. The maximum Gasteiger partial charge on any atom is 0.410 e. The Labute approximate surface area is 215 Å². The number of carbonyl (C=O) groups excluding carboxylic acids is 2. The molecule has 0 aliphatic carbocycles. The molecule has 2 aromatic heterocycles. The van der Waals surface area contributed by atoms with Gasteiger partial charge in [0.05, 0.1) is 24.4 Å². The first-order valence-electron chi connectivity index (χ1n) is 12.4. The second-order valence-electron chi connectivity index (χ2n) is 9.90. The minimum absolute atomic E-state index is 0.195. The third kappa shape index (κ3) is 5.68. The first-order chi connectivity index (χ1) is 17.6. The molecule has 1 atom stereocenters. The smallest absolute Gasteiger partial charge is 0.410 e. The zero-order valence-corrected chi connectivity index (χ0v) is 21.5. The number of nitrogens with one attached hydrogen (secondary N) is 1. The van der Waals surface area contributed by atoms with Crippen molar-refractivity contribution in [3.63, 3.8) is 0 Å². The van der Waals surface area contributed by atoms with Crippen LogP contribution in [0.15, 0.2) is 42.7 Å². The quantitative estimate of drug-likeness (QED) is 0.438. The maximum absolute atomic E-state index is 13.1. The van der Waals surface area contributed by atoms with Gasteiger partial charge < -0.3 is 19.6 Å². The zero-order valence-electron chi connectivity index (χ0n) is 21.5. The molecule has 10 heteroatoms. The number of rotatable bonds is 6. The molecule has 37 heavy (non-hydrogen) atoms. The van der Waals surface area contributed by atoms with Gasteiger partial charge in [0.2, 0.25) is 0 Å². The number of piperidine rings is 1. The number of hydrogen-bond donors (Lipinski definition) is 2. The van der Waals surface area contributed by atoms with Gasteiger partial charge in [-0.1, -0.05) is 12.1 Å². The molecule has 1 aliphatic rings. The number of carboxylic acid groups (broad SMARTS) is 1. The van der Waals surface area contributed by atoms with Crippen molar-refractivity contribution in [1.29, 1.82) is 0 Å². The van der Waals surface area contributed by atoms with Gasteiger partial charge in [-0.3, -0.25) is 9.47 Å². The molecule has 3 heterocycles. The fourth-order valence-corrected chi connectivity index (χ4v) is 4.43. The summed E-state index contributed by atoms with van der Waals surface area (Å²) in [6.07, 6.45) is 5.24. The van der Waals surface area contributed by atoms with Crippen molar-refractivity contribution in [2.45, 2.75) is 58.6 Å². The first kappa shape index (κ1) is 26.0. The van der Waals surface area contributed by atoms with E-state index in [1.807, 2.05) is 26.8 Å². The van der Waals surface area contributed by atoms with E-state index in [0.717, 1.165) is 24.0 Å². The number of benzene rings is 1. The van der Waals surface area contributed by atoms with Crippen LogP contribution in [-0.4, -0.2) is 61.3 Å². The molecule has 10 nitrogen and oxygen atoms in total. The molecule has 1 aromatic carbocycles. The van der Waals surface area contributed by atoms with Crippen molar-refractivity contribution >= 4 is 18.0 Å². The molecule has 0 saturated carbocycles. The summed E-state index contributed by atoms with van der Waals surface area (Å²) >= 11 is 0. The second-order valence-corrected chi connectivity index (χ2v) is 9.90. The third-order valence-electron chi connectivity index (χ3n) is 6.08. The molecule has 3 aromatic rings. The number of aromatic amines is 1. The van der Waals surface area contributed by atoms with Crippen LogP contribution in [0.25, 0.3) is 16.9 Å².